The van der Waals surface area contributed by atoms with Gasteiger partial charge in [0.2, 0.25) is 0 Å². The van der Waals surface area contributed by atoms with E-state index in [4.69, 9.17) is 9.98 Å². The van der Waals surface area contributed by atoms with Crippen molar-refractivity contribution >= 4 is 11.9 Å². The highest BCUT2D eigenvalue weighted by Gasteiger charge is 2.39. The third-order valence-electron chi connectivity index (χ3n) is 10.2. The Morgan fingerprint density at radius 2 is 1.37 bits per heavy atom. The first kappa shape index (κ1) is 39.2. The molecule has 1 heterocycles. The van der Waals surface area contributed by atoms with Crippen LogP contribution in [0.5, 0.6) is 0 Å². The average Bonchev–Trinajstić information content (AvgIpc) is 2.85. The maximum atomic E-state index is 5.14. The van der Waals surface area contributed by atoms with Gasteiger partial charge in [-0.2, -0.15) is 0 Å². The molecule has 0 bridgehead atoms. The minimum Gasteiger partial charge on any atom is -0.378 e. The van der Waals surface area contributed by atoms with Crippen LogP contribution in [0.15, 0.2) is 46.1 Å². The highest BCUT2D eigenvalue weighted by atomic mass is 15.2. The summed E-state index contributed by atoms with van der Waals surface area (Å²) in [5.41, 5.74) is 4.91. The van der Waals surface area contributed by atoms with Crippen LogP contribution in [-0.2, 0) is 0 Å². The molecule has 1 aliphatic rings. The number of nitrogens with zero attached hydrogens (tertiary/aromatic N) is 4. The maximum Gasteiger partial charge on any atom is 0.0623 e. The lowest BCUT2D eigenvalue weighted by Gasteiger charge is -2.44. The Morgan fingerprint density at radius 3 is 1.84 bits per heavy atom. The van der Waals surface area contributed by atoms with Crippen LogP contribution < -0.4 is 0 Å². The van der Waals surface area contributed by atoms with E-state index in [-0.39, 0.29) is 27.2 Å². The molecule has 4 heteroatoms. The topological polar surface area (TPSA) is 31.2 Å². The van der Waals surface area contributed by atoms with E-state index in [0.717, 1.165) is 48.6 Å². The third kappa shape index (κ3) is 11.2. The zero-order valence-electron chi connectivity index (χ0n) is 31.9. The third-order valence-corrected chi connectivity index (χ3v) is 10.2. The molecule has 0 unspecified atom stereocenters. The molecule has 248 valence electrons. The molecular formula is C39H72N4. The van der Waals surface area contributed by atoms with E-state index in [1.807, 2.05) is 6.21 Å². The lowest BCUT2D eigenvalue weighted by molar-refractivity contribution is 0.0955. The molecule has 0 fully saturated rings. The SMILES string of the molecule is C=C1C=NC(C(C)(C)CC(C)(C)C(=CN(C)CC(C)(C)CC(C)(C)CC(C)(CC)CC)N=C(C)C)=CN1C(C)(CC)CC. The van der Waals surface area contributed by atoms with Gasteiger partial charge in [0.1, 0.15) is 0 Å². The van der Waals surface area contributed by atoms with Gasteiger partial charge in [-0.25, -0.2) is 0 Å². The van der Waals surface area contributed by atoms with Crippen LogP contribution in [0.2, 0.25) is 0 Å². The van der Waals surface area contributed by atoms with Gasteiger partial charge < -0.3 is 9.80 Å². The van der Waals surface area contributed by atoms with E-state index in [1.54, 1.807) is 0 Å². The normalized spacial score (nSPS) is 16.0. The molecule has 0 aromatic rings. The second kappa shape index (κ2) is 14.5. The van der Waals surface area contributed by atoms with Crippen LogP contribution in [0.1, 0.15) is 156 Å². The van der Waals surface area contributed by atoms with Gasteiger partial charge in [-0.05, 0) is 69.1 Å². The van der Waals surface area contributed by atoms with Gasteiger partial charge in [-0.15, -0.1) is 0 Å². The molecule has 43 heavy (non-hydrogen) atoms. The fourth-order valence-electron chi connectivity index (χ4n) is 7.77. The van der Waals surface area contributed by atoms with Crippen LogP contribution in [0, 0.1) is 27.1 Å². The van der Waals surface area contributed by atoms with Crippen molar-refractivity contribution in [3.63, 3.8) is 0 Å². The standard InChI is InChI=1S/C39H72N4/c1-19-38(16,20-2)27-34(8,9)26-35(10,11)29-42(18)24-33(41-30(5)6)37(14,15)28-36(12,13)32-25-43(31(7)23-40-32)39(17,21-3)22-4/h23-25H,7,19-22,26-29H2,1-6,8-18H3. The lowest BCUT2D eigenvalue weighted by Crippen LogP contribution is -2.43. The first-order valence-electron chi connectivity index (χ1n) is 17.1. The minimum atomic E-state index is -0.156. The Labute approximate surface area is 269 Å². The molecule has 0 aromatic carbocycles. The second-order valence-electron chi connectivity index (χ2n) is 17.5. The molecule has 0 atom stereocenters. The summed E-state index contributed by atoms with van der Waals surface area (Å²) in [6.07, 6.45) is 14.5. The Hall–Kier alpha value is -1.84. The summed E-state index contributed by atoms with van der Waals surface area (Å²) in [4.78, 5) is 14.8. The Kier molecular flexibility index (Phi) is 13.2. The summed E-state index contributed by atoms with van der Waals surface area (Å²) in [5, 5.41) is 0. The van der Waals surface area contributed by atoms with Crippen LogP contribution in [0.4, 0.5) is 0 Å². The maximum absolute atomic E-state index is 5.14. The van der Waals surface area contributed by atoms with Gasteiger partial charge in [0.15, 0.2) is 0 Å². The predicted octanol–water partition coefficient (Wildman–Crippen LogP) is 11.7. The highest BCUT2D eigenvalue weighted by Crippen LogP contribution is 2.47. The summed E-state index contributed by atoms with van der Waals surface area (Å²) < 4.78 is 0. The molecule has 0 saturated carbocycles. The van der Waals surface area contributed by atoms with E-state index in [2.05, 4.69) is 147 Å². The Balaban J connectivity index is 3.30. The Morgan fingerprint density at radius 1 is 0.837 bits per heavy atom. The van der Waals surface area contributed by atoms with Crippen LogP contribution >= 0.6 is 0 Å². The van der Waals surface area contributed by atoms with E-state index in [0.29, 0.717) is 5.41 Å². The fraction of sp³-hybridized carbons (Fsp3) is 0.795. The van der Waals surface area contributed by atoms with E-state index in [9.17, 15) is 0 Å². The predicted molar refractivity (Wildman–Crippen MR) is 194 cm³/mol. The first-order valence-corrected chi connectivity index (χ1v) is 17.1. The summed E-state index contributed by atoms with van der Waals surface area (Å²) in [5.74, 6) is 0. The summed E-state index contributed by atoms with van der Waals surface area (Å²) in [6, 6.07) is 0. The van der Waals surface area contributed by atoms with Gasteiger partial charge in [0, 0.05) is 48.1 Å². The zero-order valence-corrected chi connectivity index (χ0v) is 31.9. The molecule has 0 N–H and O–H groups in total. The number of rotatable bonds is 17. The van der Waals surface area contributed by atoms with E-state index in [1.165, 1.54) is 25.7 Å². The Bertz CT molecular complexity index is 1050. The monoisotopic (exact) mass is 597 g/mol. The number of aliphatic imine (C=N–C) groups is 2. The van der Waals surface area contributed by atoms with Crippen LogP contribution in [0.25, 0.3) is 0 Å². The molecule has 0 aromatic heterocycles. The van der Waals surface area contributed by atoms with E-state index >= 15 is 0 Å². The second-order valence-corrected chi connectivity index (χ2v) is 17.5. The largest absolute Gasteiger partial charge is 0.378 e. The van der Waals surface area contributed by atoms with Crippen molar-refractivity contribution in [2.75, 3.05) is 13.6 Å². The summed E-state index contributed by atoms with van der Waals surface area (Å²) in [6.45, 7) is 42.7. The quantitative estimate of drug-likeness (QED) is 0.156. The number of hydrogen-bond donors (Lipinski definition) is 0. The lowest BCUT2D eigenvalue weighted by atomic mass is 9.65. The summed E-state index contributed by atoms with van der Waals surface area (Å²) in [7, 11) is 2.23. The number of allylic oxidation sites excluding steroid dienone is 3. The van der Waals surface area contributed by atoms with Crippen molar-refractivity contribution in [1.29, 1.82) is 0 Å². The van der Waals surface area contributed by atoms with Crippen molar-refractivity contribution in [2.24, 2.45) is 37.1 Å². The molecule has 0 radical (unpaired) electrons. The molecule has 0 spiro atoms. The van der Waals surface area contributed by atoms with Gasteiger partial charge in [0.05, 0.1) is 23.3 Å². The molecular weight excluding hydrogens is 524 g/mol. The molecule has 1 rings (SSSR count). The molecule has 0 aliphatic carbocycles. The molecule has 0 amide bonds. The minimum absolute atomic E-state index is 0.0326. The van der Waals surface area contributed by atoms with Crippen molar-refractivity contribution in [3.05, 3.63) is 36.1 Å². The van der Waals surface area contributed by atoms with Gasteiger partial charge in [-0.3, -0.25) is 9.98 Å². The summed E-state index contributed by atoms with van der Waals surface area (Å²) >= 11 is 0. The first-order chi connectivity index (χ1) is 19.4. The van der Waals surface area contributed by atoms with Crippen molar-refractivity contribution < 1.29 is 0 Å². The van der Waals surface area contributed by atoms with Crippen molar-refractivity contribution in [1.82, 2.24) is 9.80 Å². The molecule has 1 aliphatic heterocycles. The van der Waals surface area contributed by atoms with Crippen molar-refractivity contribution in [3.8, 4) is 0 Å². The van der Waals surface area contributed by atoms with Gasteiger partial charge in [0.25, 0.3) is 0 Å². The highest BCUT2D eigenvalue weighted by molar-refractivity contribution is 5.80. The molecule has 4 nitrogen and oxygen atoms in total. The average molecular weight is 597 g/mol. The van der Waals surface area contributed by atoms with Crippen molar-refractivity contribution in [2.45, 2.75) is 161 Å². The smallest absolute Gasteiger partial charge is 0.0623 e. The van der Waals surface area contributed by atoms with Gasteiger partial charge >= 0.3 is 0 Å². The fourth-order valence-corrected chi connectivity index (χ4v) is 7.77. The molecule has 0 saturated heterocycles. The van der Waals surface area contributed by atoms with Crippen LogP contribution in [0.3, 0.4) is 0 Å². The van der Waals surface area contributed by atoms with E-state index < -0.39 is 0 Å². The zero-order chi connectivity index (χ0) is 33.7. The van der Waals surface area contributed by atoms with Crippen LogP contribution in [-0.4, -0.2) is 40.9 Å². The number of hydrogen-bond acceptors (Lipinski definition) is 4. The van der Waals surface area contributed by atoms with Gasteiger partial charge in [-0.1, -0.05) is 109 Å².